The number of nitrogens with zero attached hydrogens (tertiary/aromatic N) is 3. The molecule has 178 valence electrons. The number of benzene rings is 2. The number of esters is 1. The van der Waals surface area contributed by atoms with E-state index in [-0.39, 0.29) is 10.6 Å². The summed E-state index contributed by atoms with van der Waals surface area (Å²) in [6, 6.07) is 11.3. The van der Waals surface area contributed by atoms with Gasteiger partial charge in [-0.1, -0.05) is 0 Å². The maximum absolute atomic E-state index is 13.2. The second kappa shape index (κ2) is 9.74. The third-order valence-corrected chi connectivity index (χ3v) is 7.34. The van der Waals surface area contributed by atoms with Crippen LogP contribution in [0.15, 0.2) is 66.0 Å². The first kappa shape index (κ1) is 23.6. The summed E-state index contributed by atoms with van der Waals surface area (Å²) in [6.45, 7) is 2.42. The van der Waals surface area contributed by atoms with Gasteiger partial charge in [0.25, 0.3) is 5.91 Å². The Kier molecular flexibility index (Phi) is 6.75. The quantitative estimate of drug-likeness (QED) is 0.514. The number of imidazole rings is 1. The zero-order valence-electron chi connectivity index (χ0n) is 18.3. The lowest BCUT2D eigenvalue weighted by Gasteiger charge is -2.16. The number of rotatable bonds is 7. The minimum Gasteiger partial charge on any atom is -0.448 e. The van der Waals surface area contributed by atoms with Crippen molar-refractivity contribution in [3.8, 4) is 5.69 Å². The van der Waals surface area contributed by atoms with Crippen LogP contribution in [0.5, 0.6) is 0 Å². The fourth-order valence-electron chi connectivity index (χ4n) is 3.56. The summed E-state index contributed by atoms with van der Waals surface area (Å²) in [4.78, 5) is 29.2. The average Bonchev–Trinajstić information content (AvgIpc) is 3.53. The Bertz CT molecular complexity index is 1280. The largest absolute Gasteiger partial charge is 0.448 e. The highest BCUT2D eigenvalue weighted by Gasteiger charge is 2.27. The highest BCUT2D eigenvalue weighted by Crippen LogP contribution is 2.22. The maximum atomic E-state index is 13.2. The van der Waals surface area contributed by atoms with Crippen LogP contribution in [0.1, 0.15) is 30.3 Å². The van der Waals surface area contributed by atoms with Gasteiger partial charge in [0.05, 0.1) is 17.4 Å². The van der Waals surface area contributed by atoms with Crippen LogP contribution in [-0.2, 0) is 19.6 Å². The Morgan fingerprint density at radius 3 is 2.35 bits per heavy atom. The van der Waals surface area contributed by atoms with Gasteiger partial charge in [-0.2, -0.15) is 4.31 Å². The van der Waals surface area contributed by atoms with E-state index in [4.69, 9.17) is 4.74 Å². The molecule has 1 fully saturated rings. The minimum absolute atomic E-state index is 0.0720. The van der Waals surface area contributed by atoms with E-state index in [9.17, 15) is 22.4 Å². The van der Waals surface area contributed by atoms with Crippen molar-refractivity contribution in [3.63, 3.8) is 0 Å². The van der Waals surface area contributed by atoms with Crippen molar-refractivity contribution in [3.05, 3.63) is 72.6 Å². The Labute approximate surface area is 196 Å². The van der Waals surface area contributed by atoms with Crippen LogP contribution in [0.4, 0.5) is 10.1 Å². The van der Waals surface area contributed by atoms with Crippen molar-refractivity contribution in [1.82, 2.24) is 13.9 Å². The predicted molar refractivity (Wildman–Crippen MR) is 121 cm³/mol. The average molecular weight is 487 g/mol. The molecule has 0 aliphatic carbocycles. The second-order valence-corrected chi connectivity index (χ2v) is 9.74. The number of carbonyl (C=O) groups is 2. The van der Waals surface area contributed by atoms with E-state index in [0.717, 1.165) is 12.8 Å². The van der Waals surface area contributed by atoms with E-state index < -0.39 is 33.8 Å². The number of carbonyl (C=O) groups excluding carboxylic acids is 2. The van der Waals surface area contributed by atoms with Gasteiger partial charge in [0.2, 0.25) is 10.0 Å². The minimum atomic E-state index is -3.55. The number of ether oxygens (including phenoxy) is 1. The summed E-state index contributed by atoms with van der Waals surface area (Å²) in [5.74, 6) is -1.78. The van der Waals surface area contributed by atoms with E-state index >= 15 is 0 Å². The molecule has 1 aliphatic heterocycles. The van der Waals surface area contributed by atoms with E-state index in [2.05, 4.69) is 10.3 Å². The molecule has 0 unspecified atom stereocenters. The molecule has 1 aromatic heterocycles. The molecule has 2 aromatic carbocycles. The molecule has 1 aliphatic rings. The second-order valence-electron chi connectivity index (χ2n) is 7.80. The molecule has 1 saturated heterocycles. The van der Waals surface area contributed by atoms with Crippen LogP contribution >= 0.6 is 0 Å². The van der Waals surface area contributed by atoms with Crippen LogP contribution in [0.25, 0.3) is 5.69 Å². The first-order valence-electron chi connectivity index (χ1n) is 10.7. The molecule has 0 bridgehead atoms. The number of hydrogen-bond donors (Lipinski definition) is 1. The SMILES string of the molecule is C[C@@H](OC(=O)c1cncn1-c1ccc(F)cc1)C(=O)Nc1ccc(S(=O)(=O)N2CCCC2)cc1. The molecule has 0 spiro atoms. The number of aromatic nitrogens is 2. The van der Waals surface area contributed by atoms with Crippen molar-refractivity contribution in [1.29, 1.82) is 0 Å². The van der Waals surface area contributed by atoms with Gasteiger partial charge in [0.15, 0.2) is 11.8 Å². The number of sulfonamides is 1. The summed E-state index contributed by atoms with van der Waals surface area (Å²) in [5.41, 5.74) is 0.944. The Morgan fingerprint density at radius 1 is 1.06 bits per heavy atom. The summed E-state index contributed by atoms with van der Waals surface area (Å²) in [7, 11) is -3.55. The maximum Gasteiger partial charge on any atom is 0.357 e. The first-order chi connectivity index (χ1) is 16.3. The van der Waals surface area contributed by atoms with Gasteiger partial charge in [0.1, 0.15) is 5.82 Å². The lowest BCUT2D eigenvalue weighted by atomic mass is 10.3. The molecule has 2 heterocycles. The van der Waals surface area contributed by atoms with Crippen LogP contribution in [0, 0.1) is 5.82 Å². The lowest BCUT2D eigenvalue weighted by Crippen LogP contribution is -2.30. The van der Waals surface area contributed by atoms with E-state index in [1.807, 2.05) is 0 Å². The molecule has 0 radical (unpaired) electrons. The number of halogens is 1. The summed E-state index contributed by atoms with van der Waals surface area (Å²) >= 11 is 0. The van der Waals surface area contributed by atoms with Gasteiger partial charge in [0, 0.05) is 24.5 Å². The normalized spacial score (nSPS) is 15.1. The fraction of sp³-hybridized carbons (Fsp3) is 0.261. The zero-order valence-corrected chi connectivity index (χ0v) is 19.2. The third-order valence-electron chi connectivity index (χ3n) is 5.43. The monoisotopic (exact) mass is 486 g/mol. The van der Waals surface area contributed by atoms with Gasteiger partial charge in [-0.15, -0.1) is 0 Å². The summed E-state index contributed by atoms with van der Waals surface area (Å²) < 4.78 is 46.5. The van der Waals surface area contributed by atoms with E-state index in [1.54, 1.807) is 0 Å². The molecule has 1 N–H and O–H groups in total. The van der Waals surface area contributed by atoms with Gasteiger partial charge in [-0.3, -0.25) is 9.36 Å². The van der Waals surface area contributed by atoms with Gasteiger partial charge in [-0.05, 0) is 68.3 Å². The van der Waals surface area contributed by atoms with Crippen LogP contribution < -0.4 is 5.32 Å². The molecule has 34 heavy (non-hydrogen) atoms. The Hall–Kier alpha value is -3.57. The highest BCUT2D eigenvalue weighted by atomic mass is 32.2. The third kappa shape index (κ3) is 5.00. The zero-order chi connectivity index (χ0) is 24.3. The Morgan fingerprint density at radius 2 is 1.71 bits per heavy atom. The van der Waals surface area contributed by atoms with Crippen molar-refractivity contribution in [2.75, 3.05) is 18.4 Å². The predicted octanol–water partition coefficient (Wildman–Crippen LogP) is 2.98. The molecule has 1 amide bonds. The molecule has 3 aromatic rings. The first-order valence-corrected chi connectivity index (χ1v) is 12.1. The van der Waals surface area contributed by atoms with Crippen molar-refractivity contribution in [2.45, 2.75) is 30.8 Å². The number of nitrogens with one attached hydrogen (secondary N) is 1. The van der Waals surface area contributed by atoms with Crippen LogP contribution in [-0.4, -0.2) is 53.3 Å². The molecule has 4 rings (SSSR count). The number of anilines is 1. The standard InChI is InChI=1S/C23H23FN4O5S/c1-16(33-23(30)21-14-25-15-28(21)19-8-4-17(24)5-9-19)22(29)26-18-6-10-20(11-7-18)34(31,32)27-12-2-3-13-27/h4-11,14-16H,2-3,12-13H2,1H3,(H,26,29)/t16-/m1/s1. The van der Waals surface area contributed by atoms with Crippen molar-refractivity contribution >= 4 is 27.6 Å². The van der Waals surface area contributed by atoms with Crippen molar-refractivity contribution < 1.29 is 27.1 Å². The van der Waals surface area contributed by atoms with E-state index in [1.165, 1.54) is 76.9 Å². The van der Waals surface area contributed by atoms with Gasteiger partial charge >= 0.3 is 5.97 Å². The van der Waals surface area contributed by atoms with Gasteiger partial charge < -0.3 is 10.1 Å². The molecule has 0 saturated carbocycles. The Balaban J connectivity index is 1.39. The molecular weight excluding hydrogens is 463 g/mol. The molecular formula is C23H23FN4O5S. The molecule has 1 atom stereocenters. The lowest BCUT2D eigenvalue weighted by molar-refractivity contribution is -0.123. The van der Waals surface area contributed by atoms with Gasteiger partial charge in [-0.25, -0.2) is 22.6 Å². The van der Waals surface area contributed by atoms with Crippen molar-refractivity contribution in [2.24, 2.45) is 0 Å². The molecule has 9 nitrogen and oxygen atoms in total. The fourth-order valence-corrected chi connectivity index (χ4v) is 5.08. The topological polar surface area (TPSA) is 111 Å². The summed E-state index contributed by atoms with van der Waals surface area (Å²) in [6.07, 6.45) is 3.21. The number of amides is 1. The van der Waals surface area contributed by atoms with Crippen LogP contribution in [0.3, 0.4) is 0 Å². The number of hydrogen-bond acceptors (Lipinski definition) is 6. The highest BCUT2D eigenvalue weighted by molar-refractivity contribution is 7.89. The summed E-state index contributed by atoms with van der Waals surface area (Å²) in [5, 5.41) is 2.60. The smallest absolute Gasteiger partial charge is 0.357 e. The van der Waals surface area contributed by atoms with E-state index in [0.29, 0.717) is 24.5 Å². The van der Waals surface area contributed by atoms with Crippen LogP contribution in [0.2, 0.25) is 0 Å². The molecule has 11 heteroatoms.